The lowest BCUT2D eigenvalue weighted by Gasteiger charge is -2.34. The maximum absolute atomic E-state index is 12.3. The van der Waals surface area contributed by atoms with Crippen LogP contribution in [0.15, 0.2) is 24.3 Å². The predicted octanol–water partition coefficient (Wildman–Crippen LogP) is 3.46. The summed E-state index contributed by atoms with van der Waals surface area (Å²) >= 11 is 0. The lowest BCUT2D eigenvalue weighted by Crippen LogP contribution is -2.48. The van der Waals surface area contributed by atoms with Crippen LogP contribution in [0.5, 0.6) is 5.75 Å². The largest absolute Gasteiger partial charge is 0.494 e. The van der Waals surface area contributed by atoms with Gasteiger partial charge in [0.05, 0.1) is 13.2 Å². The highest BCUT2D eigenvalue weighted by Gasteiger charge is 2.21. The van der Waals surface area contributed by atoms with E-state index in [4.69, 9.17) is 14.2 Å². The molecule has 1 atom stereocenters. The second kappa shape index (κ2) is 13.4. The molecule has 1 aliphatic heterocycles. The van der Waals surface area contributed by atoms with Crippen LogP contribution in [0.4, 0.5) is 10.5 Å². The van der Waals surface area contributed by atoms with Crippen LogP contribution >= 0.6 is 0 Å². The summed E-state index contributed by atoms with van der Waals surface area (Å²) in [6.45, 7) is 7.98. The van der Waals surface area contributed by atoms with Gasteiger partial charge in [-0.3, -0.25) is 10.2 Å². The molecule has 1 heterocycles. The average molecular weight is 408 g/mol. The Balaban J connectivity index is 1.74. The van der Waals surface area contributed by atoms with E-state index in [1.807, 2.05) is 24.3 Å². The molecule has 29 heavy (non-hydrogen) atoms. The Labute approximate surface area is 175 Å². The van der Waals surface area contributed by atoms with Crippen molar-refractivity contribution in [2.24, 2.45) is 0 Å². The summed E-state index contributed by atoms with van der Waals surface area (Å²) in [4.78, 5) is 16.9. The fourth-order valence-electron chi connectivity index (χ4n) is 3.28. The molecule has 1 saturated heterocycles. The third kappa shape index (κ3) is 9.47. The molecule has 164 valence electrons. The number of carbonyl (C=O) groups is 1. The standard InChI is InChI=1S/C22H37N3O4/c1-4-5-6-7-16-28-20-10-8-19(9-11-20)23-22(26)29-21(18-27-3)17-25-14-12-24(2)13-15-25/h8-11,21H,4-7,12-18H2,1-3H3,(H,23,26)/t21-/m1/s1. The minimum absolute atomic E-state index is 0.297. The summed E-state index contributed by atoms with van der Waals surface area (Å²) in [5.74, 6) is 0.813. The molecule has 0 unspecified atom stereocenters. The number of rotatable bonds is 12. The van der Waals surface area contributed by atoms with Gasteiger partial charge in [-0.1, -0.05) is 26.2 Å². The Morgan fingerprint density at radius 3 is 2.48 bits per heavy atom. The lowest BCUT2D eigenvalue weighted by molar-refractivity contribution is 0.0157. The van der Waals surface area contributed by atoms with Crippen molar-refractivity contribution in [3.05, 3.63) is 24.3 Å². The smallest absolute Gasteiger partial charge is 0.412 e. The van der Waals surface area contributed by atoms with Crippen molar-refractivity contribution in [3.8, 4) is 5.75 Å². The van der Waals surface area contributed by atoms with Gasteiger partial charge in [-0.2, -0.15) is 0 Å². The van der Waals surface area contributed by atoms with Gasteiger partial charge in [-0.15, -0.1) is 0 Å². The molecule has 1 aromatic carbocycles. The van der Waals surface area contributed by atoms with Crippen molar-refractivity contribution >= 4 is 11.8 Å². The Kier molecular flexibility index (Phi) is 10.8. The Morgan fingerprint density at radius 1 is 1.10 bits per heavy atom. The molecule has 1 aromatic rings. The maximum atomic E-state index is 12.3. The monoisotopic (exact) mass is 407 g/mol. The molecule has 0 saturated carbocycles. The predicted molar refractivity (Wildman–Crippen MR) is 116 cm³/mol. The van der Waals surface area contributed by atoms with Crippen LogP contribution in [-0.2, 0) is 9.47 Å². The molecule has 1 amide bonds. The number of nitrogens with one attached hydrogen (secondary N) is 1. The minimum atomic E-state index is -0.464. The van der Waals surface area contributed by atoms with Crippen LogP contribution in [0, 0.1) is 0 Å². The summed E-state index contributed by atoms with van der Waals surface area (Å²) in [5.41, 5.74) is 0.684. The number of anilines is 1. The number of hydrogen-bond acceptors (Lipinski definition) is 6. The second-order valence-electron chi connectivity index (χ2n) is 7.65. The topological polar surface area (TPSA) is 63.3 Å². The first kappa shape index (κ1) is 23.4. The zero-order valence-corrected chi connectivity index (χ0v) is 18.2. The normalized spacial score (nSPS) is 16.4. The zero-order chi connectivity index (χ0) is 20.9. The molecule has 1 fully saturated rings. The van der Waals surface area contributed by atoms with Crippen molar-refractivity contribution in [2.75, 3.05) is 65.4 Å². The van der Waals surface area contributed by atoms with Gasteiger partial charge in [0.2, 0.25) is 0 Å². The van der Waals surface area contributed by atoms with Crippen molar-refractivity contribution in [1.29, 1.82) is 0 Å². The molecule has 0 aliphatic carbocycles. The lowest BCUT2D eigenvalue weighted by atomic mass is 10.2. The number of ether oxygens (including phenoxy) is 3. The minimum Gasteiger partial charge on any atom is -0.494 e. The summed E-state index contributed by atoms with van der Waals surface area (Å²) < 4.78 is 16.6. The number of amides is 1. The number of likely N-dealkylation sites (N-methyl/N-ethyl adjacent to an activating group) is 1. The van der Waals surface area contributed by atoms with Gasteiger partial charge in [0.15, 0.2) is 0 Å². The third-order valence-electron chi connectivity index (χ3n) is 5.05. The van der Waals surface area contributed by atoms with E-state index in [1.165, 1.54) is 19.3 Å². The van der Waals surface area contributed by atoms with E-state index in [1.54, 1.807) is 7.11 Å². The first-order valence-electron chi connectivity index (χ1n) is 10.7. The molecular weight excluding hydrogens is 370 g/mol. The summed E-state index contributed by atoms with van der Waals surface area (Å²) in [5, 5.41) is 2.79. The van der Waals surface area contributed by atoms with Gasteiger partial charge in [0.1, 0.15) is 11.9 Å². The number of benzene rings is 1. The van der Waals surface area contributed by atoms with E-state index >= 15 is 0 Å². The fraction of sp³-hybridized carbons (Fsp3) is 0.682. The van der Waals surface area contributed by atoms with Crippen LogP contribution in [0.3, 0.4) is 0 Å². The summed E-state index contributed by atoms with van der Waals surface area (Å²) in [7, 11) is 3.75. The van der Waals surface area contributed by atoms with Gasteiger partial charge in [0.25, 0.3) is 0 Å². The fourth-order valence-corrected chi connectivity index (χ4v) is 3.28. The number of carbonyl (C=O) groups excluding carboxylic acids is 1. The van der Waals surface area contributed by atoms with E-state index in [0.717, 1.165) is 45.0 Å². The highest BCUT2D eigenvalue weighted by Crippen LogP contribution is 2.17. The van der Waals surface area contributed by atoms with E-state index in [2.05, 4.69) is 29.1 Å². The van der Waals surface area contributed by atoms with E-state index in [0.29, 0.717) is 18.8 Å². The van der Waals surface area contributed by atoms with Crippen LogP contribution in [-0.4, -0.2) is 82.1 Å². The Hall–Kier alpha value is -1.83. The Bertz CT molecular complexity index is 574. The molecule has 7 nitrogen and oxygen atoms in total. The van der Waals surface area contributed by atoms with Gasteiger partial charge < -0.3 is 19.1 Å². The van der Waals surface area contributed by atoms with Gasteiger partial charge in [0, 0.05) is 45.5 Å². The number of methoxy groups -OCH3 is 1. The van der Waals surface area contributed by atoms with Crippen molar-refractivity contribution in [3.63, 3.8) is 0 Å². The molecule has 0 radical (unpaired) electrons. The van der Waals surface area contributed by atoms with Crippen molar-refractivity contribution < 1.29 is 19.0 Å². The quantitative estimate of drug-likeness (QED) is 0.536. The first-order chi connectivity index (χ1) is 14.1. The maximum Gasteiger partial charge on any atom is 0.412 e. The van der Waals surface area contributed by atoms with Gasteiger partial charge >= 0.3 is 6.09 Å². The number of piperazine rings is 1. The van der Waals surface area contributed by atoms with Crippen LogP contribution in [0.2, 0.25) is 0 Å². The molecule has 1 N–H and O–H groups in total. The third-order valence-corrected chi connectivity index (χ3v) is 5.05. The molecule has 1 aliphatic rings. The SMILES string of the molecule is CCCCCCOc1ccc(NC(=O)O[C@@H](COC)CN2CCN(C)CC2)cc1. The van der Waals surface area contributed by atoms with Crippen LogP contribution in [0.1, 0.15) is 32.6 Å². The van der Waals surface area contributed by atoms with Gasteiger partial charge in [-0.25, -0.2) is 4.79 Å². The summed E-state index contributed by atoms with van der Waals surface area (Å²) in [6, 6.07) is 7.39. The number of unbranched alkanes of at least 4 members (excludes halogenated alkanes) is 3. The van der Waals surface area contributed by atoms with Crippen molar-refractivity contribution in [2.45, 2.75) is 38.7 Å². The summed E-state index contributed by atoms with van der Waals surface area (Å²) in [6.07, 6.45) is 3.96. The molecule has 0 spiro atoms. The van der Waals surface area contributed by atoms with Crippen LogP contribution in [0.25, 0.3) is 0 Å². The number of nitrogens with zero attached hydrogens (tertiary/aromatic N) is 2. The zero-order valence-electron chi connectivity index (χ0n) is 18.2. The average Bonchev–Trinajstić information content (AvgIpc) is 2.71. The second-order valence-corrected chi connectivity index (χ2v) is 7.65. The molecule has 0 aromatic heterocycles. The first-order valence-corrected chi connectivity index (χ1v) is 10.7. The highest BCUT2D eigenvalue weighted by atomic mass is 16.6. The molecule has 0 bridgehead atoms. The van der Waals surface area contributed by atoms with Gasteiger partial charge in [-0.05, 0) is 37.7 Å². The van der Waals surface area contributed by atoms with E-state index in [-0.39, 0.29) is 6.10 Å². The molecular formula is C22H37N3O4. The van der Waals surface area contributed by atoms with E-state index in [9.17, 15) is 4.79 Å². The van der Waals surface area contributed by atoms with E-state index < -0.39 is 6.09 Å². The van der Waals surface area contributed by atoms with Crippen LogP contribution < -0.4 is 10.1 Å². The Morgan fingerprint density at radius 2 is 1.83 bits per heavy atom. The highest BCUT2D eigenvalue weighted by molar-refractivity contribution is 5.84. The molecule has 7 heteroatoms. The van der Waals surface area contributed by atoms with Crippen molar-refractivity contribution in [1.82, 2.24) is 9.80 Å². The number of hydrogen-bond donors (Lipinski definition) is 1. The molecule has 2 rings (SSSR count).